The zero-order chi connectivity index (χ0) is 12.3. The third-order valence-electron chi connectivity index (χ3n) is 2.44. The Balaban J connectivity index is 3.09. The summed E-state index contributed by atoms with van der Waals surface area (Å²) in [6.07, 6.45) is 0. The predicted octanol–water partition coefficient (Wildman–Crippen LogP) is 3.24. The normalized spacial score (nSPS) is 12.4. The second-order valence-corrected chi connectivity index (χ2v) is 6.94. The molecule has 0 heterocycles. The molecule has 1 rings (SSSR count). The molecule has 90 valence electrons. The number of rotatable bonds is 4. The molecule has 0 bridgehead atoms. The maximum absolute atomic E-state index is 12.0. The van der Waals surface area contributed by atoms with Crippen molar-refractivity contribution >= 4 is 9.84 Å². The fraction of sp³-hybridized carbons (Fsp3) is 0.538. The molecule has 16 heavy (non-hydrogen) atoms. The van der Waals surface area contributed by atoms with Gasteiger partial charge in [-0.15, -0.1) is 0 Å². The van der Waals surface area contributed by atoms with Gasteiger partial charge in [-0.1, -0.05) is 39.8 Å². The lowest BCUT2D eigenvalue weighted by atomic mass is 10.0. The number of hydrogen-bond donors (Lipinski definition) is 0. The van der Waals surface area contributed by atoms with Crippen molar-refractivity contribution in [1.82, 2.24) is 0 Å². The van der Waals surface area contributed by atoms with Gasteiger partial charge in [0.1, 0.15) is 0 Å². The molecule has 0 aliphatic carbocycles. The first-order chi connectivity index (χ1) is 7.33. The first kappa shape index (κ1) is 13.2. The van der Waals surface area contributed by atoms with Gasteiger partial charge in [0.15, 0.2) is 9.84 Å². The molecule has 0 radical (unpaired) electrons. The van der Waals surface area contributed by atoms with Gasteiger partial charge in [-0.25, -0.2) is 8.42 Å². The molecule has 0 amide bonds. The van der Waals surface area contributed by atoms with E-state index in [0.29, 0.717) is 10.8 Å². The van der Waals surface area contributed by atoms with Crippen LogP contribution < -0.4 is 0 Å². The molecule has 0 spiro atoms. The molecule has 0 saturated carbocycles. The molecular weight excluding hydrogens is 220 g/mol. The van der Waals surface area contributed by atoms with E-state index in [1.807, 2.05) is 26.0 Å². The van der Waals surface area contributed by atoms with Crippen molar-refractivity contribution in [2.75, 3.05) is 5.75 Å². The van der Waals surface area contributed by atoms with Gasteiger partial charge < -0.3 is 0 Å². The van der Waals surface area contributed by atoms with Crippen molar-refractivity contribution in [3.63, 3.8) is 0 Å². The van der Waals surface area contributed by atoms with Crippen molar-refractivity contribution in [3.05, 3.63) is 29.8 Å². The zero-order valence-corrected chi connectivity index (χ0v) is 11.2. The van der Waals surface area contributed by atoms with Crippen LogP contribution in [0.3, 0.4) is 0 Å². The molecule has 1 aromatic carbocycles. The quantitative estimate of drug-likeness (QED) is 0.809. The van der Waals surface area contributed by atoms with Crippen LogP contribution in [0.1, 0.15) is 39.2 Å². The Hall–Kier alpha value is -0.830. The van der Waals surface area contributed by atoms with Crippen LogP contribution in [0, 0.1) is 5.92 Å². The Labute approximate surface area is 98.6 Å². The summed E-state index contributed by atoms with van der Waals surface area (Å²) in [4.78, 5) is 0.451. The van der Waals surface area contributed by atoms with E-state index >= 15 is 0 Å². The lowest BCUT2D eigenvalue weighted by Gasteiger charge is -2.10. The smallest absolute Gasteiger partial charge is 0.178 e. The maximum Gasteiger partial charge on any atom is 0.178 e. The van der Waals surface area contributed by atoms with Crippen molar-refractivity contribution < 1.29 is 8.42 Å². The summed E-state index contributed by atoms with van der Waals surface area (Å²) in [7, 11) is -3.12. The van der Waals surface area contributed by atoms with Crippen LogP contribution in [-0.4, -0.2) is 14.2 Å². The van der Waals surface area contributed by atoms with Gasteiger partial charge in [0, 0.05) is 0 Å². The van der Waals surface area contributed by atoms with Gasteiger partial charge in [0.2, 0.25) is 0 Å². The molecule has 3 heteroatoms. The van der Waals surface area contributed by atoms with E-state index in [-0.39, 0.29) is 11.7 Å². The lowest BCUT2D eigenvalue weighted by Crippen LogP contribution is -2.12. The summed E-state index contributed by atoms with van der Waals surface area (Å²) < 4.78 is 24.0. The van der Waals surface area contributed by atoms with Crippen LogP contribution in [-0.2, 0) is 9.84 Å². The van der Waals surface area contributed by atoms with E-state index in [9.17, 15) is 8.42 Å². The van der Waals surface area contributed by atoms with Crippen LogP contribution in [0.4, 0.5) is 0 Å². The van der Waals surface area contributed by atoms with Crippen LogP contribution in [0.25, 0.3) is 0 Å². The Morgan fingerprint density at radius 1 is 1.12 bits per heavy atom. The van der Waals surface area contributed by atoms with Crippen molar-refractivity contribution in [2.45, 2.75) is 38.5 Å². The van der Waals surface area contributed by atoms with Gasteiger partial charge in [-0.3, -0.25) is 0 Å². The molecule has 0 aliphatic heterocycles. The highest BCUT2D eigenvalue weighted by Crippen LogP contribution is 2.20. The second-order valence-electron chi connectivity index (χ2n) is 4.90. The van der Waals surface area contributed by atoms with Gasteiger partial charge in [-0.05, 0) is 29.5 Å². The first-order valence-corrected chi connectivity index (χ1v) is 7.31. The predicted molar refractivity (Wildman–Crippen MR) is 67.4 cm³/mol. The lowest BCUT2D eigenvalue weighted by molar-refractivity contribution is 0.582. The maximum atomic E-state index is 12.0. The van der Waals surface area contributed by atoms with Crippen molar-refractivity contribution in [1.29, 1.82) is 0 Å². The molecule has 1 aromatic rings. The highest BCUT2D eigenvalue weighted by atomic mass is 32.2. The van der Waals surface area contributed by atoms with Crippen LogP contribution in [0.5, 0.6) is 0 Å². The summed E-state index contributed by atoms with van der Waals surface area (Å²) in [5.74, 6) is 0.732. The zero-order valence-electron chi connectivity index (χ0n) is 10.4. The molecule has 2 nitrogen and oxygen atoms in total. The molecule has 0 aliphatic rings. The third-order valence-corrected chi connectivity index (χ3v) is 4.51. The minimum absolute atomic E-state index is 0.160. The van der Waals surface area contributed by atoms with E-state index in [1.54, 1.807) is 12.1 Å². The van der Waals surface area contributed by atoms with Gasteiger partial charge in [0.25, 0.3) is 0 Å². The van der Waals surface area contributed by atoms with E-state index in [4.69, 9.17) is 0 Å². The van der Waals surface area contributed by atoms with E-state index in [2.05, 4.69) is 13.8 Å². The number of hydrogen-bond acceptors (Lipinski definition) is 2. The fourth-order valence-electron chi connectivity index (χ4n) is 1.60. The number of benzene rings is 1. The molecule has 0 unspecified atom stereocenters. The average Bonchev–Trinajstić information content (AvgIpc) is 2.16. The summed E-state index contributed by atoms with van der Waals surface area (Å²) in [6.45, 7) is 7.97. The highest BCUT2D eigenvalue weighted by molar-refractivity contribution is 7.91. The molecule has 0 N–H and O–H groups in total. The number of sulfone groups is 1. The minimum atomic E-state index is -3.12. The van der Waals surface area contributed by atoms with Crippen molar-refractivity contribution in [2.24, 2.45) is 5.92 Å². The molecule has 0 fully saturated rings. The van der Waals surface area contributed by atoms with Gasteiger partial charge in [0.05, 0.1) is 10.6 Å². The van der Waals surface area contributed by atoms with Crippen LogP contribution >= 0.6 is 0 Å². The largest absolute Gasteiger partial charge is 0.224 e. The summed E-state index contributed by atoms with van der Waals surface area (Å²) in [6, 6.07) is 7.27. The third kappa shape index (κ3) is 3.34. The van der Waals surface area contributed by atoms with E-state index < -0.39 is 9.84 Å². The van der Waals surface area contributed by atoms with Gasteiger partial charge in [-0.2, -0.15) is 0 Å². The Morgan fingerprint density at radius 3 is 2.25 bits per heavy atom. The minimum Gasteiger partial charge on any atom is -0.224 e. The first-order valence-electron chi connectivity index (χ1n) is 5.65. The van der Waals surface area contributed by atoms with Crippen molar-refractivity contribution in [3.8, 4) is 0 Å². The molecule has 0 saturated heterocycles. The van der Waals surface area contributed by atoms with Gasteiger partial charge >= 0.3 is 0 Å². The Bertz CT molecular complexity index is 445. The summed E-state index contributed by atoms with van der Waals surface area (Å²) in [5.41, 5.74) is 1.07. The average molecular weight is 240 g/mol. The SMILES string of the molecule is CC(C)CS(=O)(=O)c1cccc(C(C)C)c1. The van der Waals surface area contributed by atoms with E-state index in [1.165, 1.54) is 0 Å². The summed E-state index contributed by atoms with van der Waals surface area (Å²) >= 11 is 0. The fourth-order valence-corrected chi connectivity index (χ4v) is 3.27. The summed E-state index contributed by atoms with van der Waals surface area (Å²) in [5, 5.41) is 0. The Morgan fingerprint density at radius 2 is 1.75 bits per heavy atom. The molecule has 0 atom stereocenters. The highest BCUT2D eigenvalue weighted by Gasteiger charge is 2.16. The Kier molecular flexibility index (Phi) is 4.14. The second kappa shape index (κ2) is 5.00. The topological polar surface area (TPSA) is 34.1 Å². The standard InChI is InChI=1S/C13H20O2S/c1-10(2)9-16(14,15)13-7-5-6-12(8-13)11(3)4/h5-8,10-11H,9H2,1-4H3. The van der Waals surface area contributed by atoms with Crippen LogP contribution in [0.2, 0.25) is 0 Å². The van der Waals surface area contributed by atoms with E-state index in [0.717, 1.165) is 5.56 Å². The molecular formula is C13H20O2S. The monoisotopic (exact) mass is 240 g/mol. The molecule has 0 aromatic heterocycles. The van der Waals surface area contributed by atoms with Crippen LogP contribution in [0.15, 0.2) is 29.2 Å².